The van der Waals surface area contributed by atoms with Crippen molar-refractivity contribution in [1.29, 1.82) is 0 Å². The van der Waals surface area contributed by atoms with Gasteiger partial charge in [-0.1, -0.05) is 18.2 Å². The number of carbonyl (C=O) groups is 1. The first-order chi connectivity index (χ1) is 11.1. The average molecular weight is 316 g/mol. The lowest BCUT2D eigenvalue weighted by molar-refractivity contribution is -0.0250. The second-order valence-corrected chi connectivity index (χ2v) is 5.32. The molecule has 0 saturated carbocycles. The maximum Gasteiger partial charge on any atom is 0.340 e. The van der Waals surface area contributed by atoms with Gasteiger partial charge in [-0.3, -0.25) is 14.2 Å². The largest absolute Gasteiger partial charge is 0.394 e. The summed E-state index contributed by atoms with van der Waals surface area (Å²) in [7, 11) is 0. The van der Waals surface area contributed by atoms with Gasteiger partial charge in [0.15, 0.2) is 0 Å². The molecule has 0 spiro atoms. The first-order valence-electron chi connectivity index (χ1n) is 7.32. The maximum absolute atomic E-state index is 12.5. The van der Waals surface area contributed by atoms with Crippen LogP contribution in [0, 0.1) is 0 Å². The van der Waals surface area contributed by atoms with Crippen molar-refractivity contribution in [1.82, 2.24) is 9.13 Å². The Hall–Kier alpha value is -2.51. The van der Waals surface area contributed by atoms with E-state index in [1.54, 1.807) is 30.3 Å². The second-order valence-electron chi connectivity index (χ2n) is 5.32. The average Bonchev–Trinajstić information content (AvgIpc) is 3.04. The molecule has 2 aromatic rings. The SMILES string of the molecule is O=C(c1ccccc1)n1c(=O)ccn([C@H]2CC[C@@H](CO)O2)c1=O. The molecule has 0 bridgehead atoms. The molecule has 1 N–H and O–H groups in total. The third-order valence-corrected chi connectivity index (χ3v) is 3.83. The standard InChI is InChI=1S/C16H16N2O5/c19-10-12-6-7-14(23-12)17-9-8-13(20)18(16(17)22)15(21)11-4-2-1-3-5-11/h1-5,8-9,12,14,19H,6-7,10H2/t12-,14+/m0/s1. The van der Waals surface area contributed by atoms with E-state index in [1.807, 2.05) is 0 Å². The molecule has 7 nitrogen and oxygen atoms in total. The molecule has 0 unspecified atom stereocenters. The summed E-state index contributed by atoms with van der Waals surface area (Å²) in [6.07, 6.45) is 1.54. The van der Waals surface area contributed by atoms with Gasteiger partial charge < -0.3 is 9.84 Å². The number of ether oxygens (including phenoxy) is 1. The summed E-state index contributed by atoms with van der Waals surface area (Å²) < 4.78 is 7.37. The Morgan fingerprint density at radius 3 is 2.57 bits per heavy atom. The topological polar surface area (TPSA) is 90.5 Å². The fraction of sp³-hybridized carbons (Fsp3) is 0.312. The predicted octanol–water partition coefficient (Wildman–Crippen LogP) is 0.368. The number of aliphatic hydroxyl groups is 1. The molecule has 1 fully saturated rings. The van der Waals surface area contributed by atoms with Crippen LogP contribution in [0.15, 0.2) is 52.2 Å². The monoisotopic (exact) mass is 316 g/mol. The Balaban J connectivity index is 2.02. The van der Waals surface area contributed by atoms with Crippen LogP contribution in [-0.4, -0.2) is 32.9 Å². The molecule has 1 aromatic heterocycles. The molecule has 0 amide bonds. The van der Waals surface area contributed by atoms with Crippen molar-refractivity contribution in [3.8, 4) is 0 Å². The number of aromatic nitrogens is 2. The number of benzene rings is 1. The van der Waals surface area contributed by atoms with Crippen LogP contribution < -0.4 is 11.2 Å². The van der Waals surface area contributed by atoms with Gasteiger partial charge in [0.25, 0.3) is 11.5 Å². The predicted molar refractivity (Wildman–Crippen MR) is 81.4 cm³/mol. The van der Waals surface area contributed by atoms with E-state index < -0.39 is 23.4 Å². The van der Waals surface area contributed by atoms with Crippen LogP contribution in [0.1, 0.15) is 29.4 Å². The van der Waals surface area contributed by atoms with E-state index in [0.717, 1.165) is 6.07 Å². The van der Waals surface area contributed by atoms with Crippen molar-refractivity contribution in [3.63, 3.8) is 0 Å². The van der Waals surface area contributed by atoms with Crippen LogP contribution in [0.2, 0.25) is 0 Å². The maximum atomic E-state index is 12.5. The van der Waals surface area contributed by atoms with Crippen molar-refractivity contribution in [2.24, 2.45) is 0 Å². The second kappa shape index (κ2) is 6.31. The minimum absolute atomic E-state index is 0.131. The van der Waals surface area contributed by atoms with Gasteiger partial charge in [-0.2, -0.15) is 4.57 Å². The number of carbonyl (C=O) groups excluding carboxylic acids is 1. The van der Waals surface area contributed by atoms with E-state index in [9.17, 15) is 14.4 Å². The quantitative estimate of drug-likeness (QED) is 0.883. The van der Waals surface area contributed by atoms with E-state index in [1.165, 1.54) is 10.8 Å². The highest BCUT2D eigenvalue weighted by Gasteiger charge is 2.28. The Labute approximate surface area is 131 Å². The van der Waals surface area contributed by atoms with Crippen LogP contribution >= 0.6 is 0 Å². The van der Waals surface area contributed by atoms with Gasteiger partial charge in [0.05, 0.1) is 12.7 Å². The van der Waals surface area contributed by atoms with E-state index in [4.69, 9.17) is 9.84 Å². The highest BCUT2D eigenvalue weighted by molar-refractivity contribution is 5.95. The van der Waals surface area contributed by atoms with Crippen LogP contribution in [0.5, 0.6) is 0 Å². The zero-order valence-corrected chi connectivity index (χ0v) is 12.3. The van der Waals surface area contributed by atoms with Crippen LogP contribution in [-0.2, 0) is 4.74 Å². The summed E-state index contributed by atoms with van der Waals surface area (Å²) >= 11 is 0. The van der Waals surface area contributed by atoms with E-state index in [2.05, 4.69) is 0 Å². The van der Waals surface area contributed by atoms with Gasteiger partial charge in [0.1, 0.15) is 6.23 Å². The van der Waals surface area contributed by atoms with Gasteiger partial charge in [-0.05, 0) is 25.0 Å². The van der Waals surface area contributed by atoms with Gasteiger partial charge in [0.2, 0.25) is 0 Å². The van der Waals surface area contributed by atoms with Crippen molar-refractivity contribution in [2.75, 3.05) is 6.61 Å². The molecule has 0 radical (unpaired) electrons. The van der Waals surface area contributed by atoms with E-state index >= 15 is 0 Å². The molecule has 120 valence electrons. The molecular weight excluding hydrogens is 300 g/mol. The fourth-order valence-corrected chi connectivity index (χ4v) is 2.63. The summed E-state index contributed by atoms with van der Waals surface area (Å²) in [5, 5.41) is 9.11. The lowest BCUT2D eigenvalue weighted by Gasteiger charge is -2.16. The number of nitrogens with zero attached hydrogens (tertiary/aromatic N) is 2. The molecule has 7 heteroatoms. The van der Waals surface area contributed by atoms with Crippen LogP contribution in [0.4, 0.5) is 0 Å². The summed E-state index contributed by atoms with van der Waals surface area (Å²) in [5.41, 5.74) is -1.17. The van der Waals surface area contributed by atoms with Gasteiger partial charge in [0, 0.05) is 17.8 Å². The number of hydrogen-bond acceptors (Lipinski definition) is 5. The Morgan fingerprint density at radius 2 is 1.91 bits per heavy atom. The smallest absolute Gasteiger partial charge is 0.340 e. The first kappa shape index (κ1) is 15.4. The Bertz CT molecular complexity index is 824. The van der Waals surface area contributed by atoms with Crippen molar-refractivity contribution in [2.45, 2.75) is 25.2 Å². The first-order valence-corrected chi connectivity index (χ1v) is 7.32. The van der Waals surface area contributed by atoms with Crippen molar-refractivity contribution < 1.29 is 14.6 Å². The minimum atomic E-state index is -0.741. The van der Waals surface area contributed by atoms with Gasteiger partial charge in [-0.15, -0.1) is 0 Å². The highest BCUT2D eigenvalue weighted by Crippen LogP contribution is 2.26. The third-order valence-electron chi connectivity index (χ3n) is 3.83. The number of hydrogen-bond donors (Lipinski definition) is 1. The van der Waals surface area contributed by atoms with Crippen molar-refractivity contribution in [3.05, 3.63) is 69.0 Å². The lowest BCUT2D eigenvalue weighted by Crippen LogP contribution is -2.44. The van der Waals surface area contributed by atoms with Crippen molar-refractivity contribution >= 4 is 5.91 Å². The van der Waals surface area contributed by atoms with Crippen LogP contribution in [0.25, 0.3) is 0 Å². The molecular formula is C16H16N2O5. The summed E-state index contributed by atoms with van der Waals surface area (Å²) in [6.45, 7) is -0.131. The lowest BCUT2D eigenvalue weighted by atomic mass is 10.2. The van der Waals surface area contributed by atoms with E-state index in [0.29, 0.717) is 17.4 Å². The molecule has 1 saturated heterocycles. The zero-order valence-electron chi connectivity index (χ0n) is 12.3. The Morgan fingerprint density at radius 1 is 1.17 bits per heavy atom. The normalized spacial score (nSPS) is 20.6. The van der Waals surface area contributed by atoms with Gasteiger partial charge in [-0.25, -0.2) is 4.79 Å². The van der Waals surface area contributed by atoms with Gasteiger partial charge >= 0.3 is 5.69 Å². The molecule has 1 aliphatic heterocycles. The number of aliphatic hydroxyl groups excluding tert-OH is 1. The molecule has 2 heterocycles. The molecule has 2 atom stereocenters. The number of rotatable bonds is 3. The third kappa shape index (κ3) is 2.88. The molecule has 3 rings (SSSR count). The molecule has 1 aromatic carbocycles. The summed E-state index contributed by atoms with van der Waals surface area (Å²) in [5.74, 6) is -0.674. The zero-order chi connectivity index (χ0) is 16.4. The molecule has 23 heavy (non-hydrogen) atoms. The summed E-state index contributed by atoms with van der Waals surface area (Å²) in [4.78, 5) is 37.0. The fourth-order valence-electron chi connectivity index (χ4n) is 2.63. The minimum Gasteiger partial charge on any atom is -0.394 e. The van der Waals surface area contributed by atoms with Crippen LogP contribution in [0.3, 0.4) is 0 Å². The molecule has 1 aliphatic rings. The highest BCUT2D eigenvalue weighted by atomic mass is 16.5. The summed E-state index contributed by atoms with van der Waals surface area (Å²) in [6, 6.07) is 9.30. The Kier molecular flexibility index (Phi) is 4.22. The molecule has 0 aliphatic carbocycles. The van der Waals surface area contributed by atoms with E-state index in [-0.39, 0.29) is 18.3 Å².